The number of esters is 1. The lowest BCUT2D eigenvalue weighted by Gasteiger charge is -2.41. The third kappa shape index (κ3) is 31.6. The summed E-state index contributed by atoms with van der Waals surface area (Å²) >= 11 is 0. The van der Waals surface area contributed by atoms with Crippen molar-refractivity contribution >= 4 is 17.8 Å². The highest BCUT2D eigenvalue weighted by Crippen LogP contribution is 2.24. The molecule has 388 valence electrons. The van der Waals surface area contributed by atoms with Crippen molar-refractivity contribution in [2.24, 2.45) is 0 Å². The minimum absolute atomic E-state index is 0.0478. The number of hydrogen-bond donors (Lipinski definition) is 5. The van der Waals surface area contributed by atoms with E-state index in [0.29, 0.717) is 85.7 Å². The Labute approximate surface area is 394 Å². The van der Waals surface area contributed by atoms with Gasteiger partial charge in [-0.3, -0.25) is 14.4 Å². The molecule has 19 heteroatoms. The van der Waals surface area contributed by atoms with E-state index in [-0.39, 0.29) is 32.8 Å². The summed E-state index contributed by atoms with van der Waals surface area (Å²) in [5.41, 5.74) is 0. The second-order valence-electron chi connectivity index (χ2n) is 16.0. The number of aliphatic hydroxyl groups excluding tert-OH is 4. The molecule has 1 heterocycles. The SMILES string of the molecule is CCCCCCCC/C=C\CCCCCCCC(C(=O)NCC(=O)OC)N(CCOCCOCCOCCOCCOCCOCCOCCOCCC)C(=O)C1O[C@@H](O)C(O)[C@H](O)[C@@H]1O. The van der Waals surface area contributed by atoms with Crippen LogP contribution in [0.3, 0.4) is 0 Å². The number of ether oxygens (including phenoxy) is 10. The Morgan fingerprint density at radius 3 is 1.42 bits per heavy atom. The number of rotatable bonds is 46. The predicted octanol–water partition coefficient (Wildman–Crippen LogP) is 2.85. The predicted molar refractivity (Wildman–Crippen MR) is 246 cm³/mol. The van der Waals surface area contributed by atoms with E-state index in [9.17, 15) is 34.8 Å². The lowest BCUT2D eigenvalue weighted by atomic mass is 9.96. The third-order valence-electron chi connectivity index (χ3n) is 10.6. The van der Waals surface area contributed by atoms with Crippen molar-refractivity contribution in [2.45, 2.75) is 147 Å². The number of methoxy groups -OCH3 is 1. The molecule has 1 aliphatic rings. The molecular weight excluding hydrogens is 865 g/mol. The van der Waals surface area contributed by atoms with Gasteiger partial charge in [-0.05, 0) is 38.5 Å². The van der Waals surface area contributed by atoms with Crippen LogP contribution >= 0.6 is 0 Å². The molecule has 1 rings (SSSR count). The summed E-state index contributed by atoms with van der Waals surface area (Å²) < 4.78 is 54.0. The summed E-state index contributed by atoms with van der Waals surface area (Å²) in [5, 5.41) is 43.8. The summed E-state index contributed by atoms with van der Waals surface area (Å²) in [6.07, 6.45) is 10.4. The Morgan fingerprint density at radius 1 is 0.545 bits per heavy atom. The molecule has 19 nitrogen and oxygen atoms in total. The number of nitrogens with one attached hydrogen (secondary N) is 1. The van der Waals surface area contributed by atoms with E-state index in [1.807, 2.05) is 0 Å². The lowest BCUT2D eigenvalue weighted by molar-refractivity contribution is -0.278. The van der Waals surface area contributed by atoms with Crippen molar-refractivity contribution < 1.29 is 82.2 Å². The molecule has 0 radical (unpaired) electrons. The number of hydrogen-bond acceptors (Lipinski definition) is 17. The number of carbonyl (C=O) groups is 3. The van der Waals surface area contributed by atoms with Crippen LogP contribution < -0.4 is 5.32 Å². The maximum Gasteiger partial charge on any atom is 0.325 e. The molecule has 2 amide bonds. The van der Waals surface area contributed by atoms with E-state index in [2.05, 4.69) is 36.1 Å². The maximum atomic E-state index is 14.0. The van der Waals surface area contributed by atoms with Gasteiger partial charge in [0.05, 0.1) is 106 Å². The van der Waals surface area contributed by atoms with Crippen LogP contribution in [0.25, 0.3) is 0 Å². The first-order chi connectivity index (χ1) is 32.2. The van der Waals surface area contributed by atoms with Gasteiger partial charge < -0.3 is 78.0 Å². The Balaban J connectivity index is 2.50. The maximum absolute atomic E-state index is 14.0. The van der Waals surface area contributed by atoms with E-state index in [1.54, 1.807) is 0 Å². The van der Waals surface area contributed by atoms with Crippen LogP contribution in [0, 0.1) is 0 Å². The van der Waals surface area contributed by atoms with Gasteiger partial charge in [0.1, 0.15) is 30.9 Å². The topological polar surface area (TPSA) is 240 Å². The van der Waals surface area contributed by atoms with Gasteiger partial charge in [0.25, 0.3) is 5.91 Å². The molecule has 0 aromatic carbocycles. The molecule has 5 N–H and O–H groups in total. The van der Waals surface area contributed by atoms with Gasteiger partial charge in [0.2, 0.25) is 5.91 Å². The van der Waals surface area contributed by atoms with Crippen molar-refractivity contribution in [1.29, 1.82) is 0 Å². The molecule has 0 bridgehead atoms. The number of aliphatic hydroxyl groups is 4. The van der Waals surface area contributed by atoms with Crippen molar-refractivity contribution in [3.8, 4) is 0 Å². The summed E-state index contributed by atoms with van der Waals surface area (Å²) in [5.74, 6) is -2.23. The zero-order chi connectivity index (χ0) is 48.3. The lowest BCUT2D eigenvalue weighted by Crippen LogP contribution is -2.64. The molecule has 0 saturated carbocycles. The van der Waals surface area contributed by atoms with Crippen molar-refractivity contribution in [2.75, 3.05) is 126 Å². The highest BCUT2D eigenvalue weighted by Gasteiger charge is 2.48. The van der Waals surface area contributed by atoms with Gasteiger partial charge in [-0.15, -0.1) is 0 Å². The Kier molecular flexibility index (Phi) is 41.0. The highest BCUT2D eigenvalue weighted by molar-refractivity contribution is 5.91. The summed E-state index contributed by atoms with van der Waals surface area (Å²) in [6.45, 7) is 10.2. The van der Waals surface area contributed by atoms with Gasteiger partial charge in [0, 0.05) is 13.2 Å². The normalized spacial score (nSPS) is 19.0. The van der Waals surface area contributed by atoms with E-state index in [4.69, 9.17) is 42.6 Å². The molecule has 0 spiro atoms. The van der Waals surface area contributed by atoms with Gasteiger partial charge in [-0.1, -0.05) is 83.8 Å². The van der Waals surface area contributed by atoms with Crippen molar-refractivity contribution in [1.82, 2.24) is 10.2 Å². The number of carbonyl (C=O) groups excluding carboxylic acids is 3. The Hall–Kier alpha value is -2.37. The molecule has 6 atom stereocenters. The van der Waals surface area contributed by atoms with Crippen LogP contribution in [0.4, 0.5) is 0 Å². The van der Waals surface area contributed by atoms with E-state index in [1.165, 1.54) is 45.6 Å². The van der Waals surface area contributed by atoms with Gasteiger partial charge in [0.15, 0.2) is 12.4 Å². The molecule has 1 fully saturated rings. The second kappa shape index (κ2) is 43.9. The van der Waals surface area contributed by atoms with Gasteiger partial charge >= 0.3 is 5.97 Å². The number of unbranched alkanes of at least 4 members (excludes halogenated alkanes) is 11. The Bertz CT molecular complexity index is 1190. The molecule has 0 aliphatic carbocycles. The van der Waals surface area contributed by atoms with Crippen LogP contribution in [0.2, 0.25) is 0 Å². The standard InChI is InChI=1S/C47H88N2O17/c1-4-6-7-8-9-10-11-12-13-14-15-16-17-18-19-20-39(45(54)48-38-40(50)57-3)49(46(55)44-42(52)41(51)43(53)47(56)66-44)21-23-59-25-27-61-29-31-63-33-35-65-37-36-64-34-32-62-30-28-60-26-24-58-22-5-2/h12-13,39,41-44,47,51-53,56H,4-11,14-38H2,1-3H3,(H,48,54)/b13-12-/t39?,41-,42+,43?,44?,47-/m1/s1. The van der Waals surface area contributed by atoms with E-state index >= 15 is 0 Å². The fraction of sp³-hybridized carbons (Fsp3) is 0.894. The average molecular weight is 953 g/mol. The molecule has 1 saturated heterocycles. The van der Waals surface area contributed by atoms with E-state index in [0.717, 1.165) is 56.5 Å². The smallest absolute Gasteiger partial charge is 0.325 e. The first kappa shape index (κ1) is 61.6. The quantitative estimate of drug-likeness (QED) is 0.0335. The monoisotopic (exact) mass is 953 g/mol. The molecule has 3 unspecified atom stereocenters. The van der Waals surface area contributed by atoms with Crippen molar-refractivity contribution in [3.05, 3.63) is 12.2 Å². The number of allylic oxidation sites excluding steroid dienone is 2. The zero-order valence-electron chi connectivity index (χ0n) is 40.5. The molecule has 1 aliphatic heterocycles. The van der Waals surface area contributed by atoms with Gasteiger partial charge in [-0.25, -0.2) is 0 Å². The molecule has 0 aromatic heterocycles. The third-order valence-corrected chi connectivity index (χ3v) is 10.6. The zero-order valence-corrected chi connectivity index (χ0v) is 40.5. The van der Waals surface area contributed by atoms with Crippen LogP contribution in [-0.2, 0) is 61.8 Å². The summed E-state index contributed by atoms with van der Waals surface area (Å²) in [4.78, 5) is 40.7. The fourth-order valence-corrected chi connectivity index (χ4v) is 6.78. The summed E-state index contributed by atoms with van der Waals surface area (Å²) in [6, 6.07) is -1.13. The average Bonchev–Trinajstić information content (AvgIpc) is 3.32. The minimum Gasteiger partial charge on any atom is -0.468 e. The molecule has 0 aromatic rings. The van der Waals surface area contributed by atoms with Crippen LogP contribution in [-0.4, -0.2) is 206 Å². The second-order valence-corrected chi connectivity index (χ2v) is 16.0. The first-order valence-electron chi connectivity index (χ1n) is 24.5. The first-order valence-corrected chi connectivity index (χ1v) is 24.5. The Morgan fingerprint density at radius 2 is 0.970 bits per heavy atom. The van der Waals surface area contributed by atoms with Crippen LogP contribution in [0.15, 0.2) is 12.2 Å². The number of nitrogens with zero attached hydrogens (tertiary/aromatic N) is 1. The molecular formula is C47H88N2O17. The largest absolute Gasteiger partial charge is 0.468 e. The minimum atomic E-state index is -1.96. The van der Waals surface area contributed by atoms with E-state index < -0.39 is 61.1 Å². The van der Waals surface area contributed by atoms with Gasteiger partial charge in [-0.2, -0.15) is 0 Å². The number of amides is 2. The van der Waals surface area contributed by atoms with Crippen LogP contribution in [0.1, 0.15) is 110 Å². The fourth-order valence-electron chi connectivity index (χ4n) is 6.78. The summed E-state index contributed by atoms with van der Waals surface area (Å²) in [7, 11) is 1.19. The van der Waals surface area contributed by atoms with Crippen molar-refractivity contribution in [3.63, 3.8) is 0 Å². The highest BCUT2D eigenvalue weighted by atomic mass is 16.6. The van der Waals surface area contributed by atoms with Crippen LogP contribution in [0.5, 0.6) is 0 Å². The molecule has 66 heavy (non-hydrogen) atoms.